The summed E-state index contributed by atoms with van der Waals surface area (Å²) in [5.74, 6) is 0.579. The SMILES string of the molecule is CC[C@@H](Oc1cc(C)ccc1C)C(=O)Nc1cc([N+](=O)[O-])ccc1OC. The lowest BCUT2D eigenvalue weighted by atomic mass is 10.1. The maximum Gasteiger partial charge on any atom is 0.271 e. The quantitative estimate of drug-likeness (QED) is 0.596. The van der Waals surface area contributed by atoms with Gasteiger partial charge in [-0.1, -0.05) is 19.1 Å². The number of nitrogens with one attached hydrogen (secondary N) is 1. The van der Waals surface area contributed by atoms with Crippen LogP contribution in [0.25, 0.3) is 0 Å². The van der Waals surface area contributed by atoms with E-state index in [0.29, 0.717) is 17.9 Å². The summed E-state index contributed by atoms with van der Waals surface area (Å²) in [5.41, 5.74) is 2.05. The monoisotopic (exact) mass is 358 g/mol. The molecule has 0 aliphatic heterocycles. The summed E-state index contributed by atoms with van der Waals surface area (Å²) in [6.45, 7) is 5.68. The summed E-state index contributed by atoms with van der Waals surface area (Å²) < 4.78 is 11.0. The molecule has 0 saturated heterocycles. The highest BCUT2D eigenvalue weighted by molar-refractivity contribution is 5.96. The van der Waals surface area contributed by atoms with Gasteiger partial charge in [-0.15, -0.1) is 0 Å². The van der Waals surface area contributed by atoms with Gasteiger partial charge in [-0.25, -0.2) is 0 Å². The maximum absolute atomic E-state index is 12.6. The van der Waals surface area contributed by atoms with E-state index in [-0.39, 0.29) is 11.4 Å². The highest BCUT2D eigenvalue weighted by atomic mass is 16.6. The number of anilines is 1. The molecule has 0 spiro atoms. The Balaban J connectivity index is 2.22. The Kier molecular flexibility index (Phi) is 6.16. The van der Waals surface area contributed by atoms with Crippen molar-refractivity contribution in [2.45, 2.75) is 33.3 Å². The van der Waals surface area contributed by atoms with Crippen LogP contribution in [-0.4, -0.2) is 24.0 Å². The van der Waals surface area contributed by atoms with Gasteiger partial charge in [-0.3, -0.25) is 14.9 Å². The van der Waals surface area contributed by atoms with Crippen molar-refractivity contribution in [3.63, 3.8) is 0 Å². The Hall–Kier alpha value is -3.09. The lowest BCUT2D eigenvalue weighted by Crippen LogP contribution is -2.32. The van der Waals surface area contributed by atoms with Gasteiger partial charge in [0.2, 0.25) is 0 Å². The number of non-ortho nitro benzene ring substituents is 1. The first-order valence-electron chi connectivity index (χ1n) is 8.23. The summed E-state index contributed by atoms with van der Waals surface area (Å²) in [5, 5.41) is 13.6. The molecule has 0 saturated carbocycles. The minimum atomic E-state index is -0.737. The molecule has 0 fully saturated rings. The number of nitrogens with zero attached hydrogens (tertiary/aromatic N) is 1. The standard InChI is InChI=1S/C19H22N2O5/c1-5-16(26-18-10-12(2)6-7-13(18)3)19(22)20-15-11-14(21(23)24)8-9-17(15)25-4/h6-11,16H,5H2,1-4H3,(H,20,22)/t16-/m1/s1. The van der Waals surface area contributed by atoms with Crippen LogP contribution in [0, 0.1) is 24.0 Å². The lowest BCUT2D eigenvalue weighted by Gasteiger charge is -2.19. The Morgan fingerprint density at radius 1 is 1.19 bits per heavy atom. The fourth-order valence-corrected chi connectivity index (χ4v) is 2.43. The van der Waals surface area contributed by atoms with Crippen molar-refractivity contribution < 1.29 is 19.2 Å². The first kappa shape index (κ1) is 19.2. The predicted octanol–water partition coefficient (Wildman–Crippen LogP) is 4.02. The molecule has 0 aliphatic carbocycles. The Labute approximate surface area is 152 Å². The molecule has 26 heavy (non-hydrogen) atoms. The second kappa shape index (κ2) is 8.33. The van der Waals surface area contributed by atoms with Gasteiger partial charge in [-0.2, -0.15) is 0 Å². The van der Waals surface area contributed by atoms with Gasteiger partial charge >= 0.3 is 0 Å². The summed E-state index contributed by atoms with van der Waals surface area (Å²) in [6.07, 6.45) is -0.296. The van der Waals surface area contributed by atoms with Crippen molar-refractivity contribution in [2.24, 2.45) is 0 Å². The van der Waals surface area contributed by atoms with Gasteiger partial charge in [0.1, 0.15) is 11.5 Å². The number of ether oxygens (including phenoxy) is 2. The van der Waals surface area contributed by atoms with Crippen LogP contribution in [0.15, 0.2) is 36.4 Å². The Morgan fingerprint density at radius 2 is 1.92 bits per heavy atom. The summed E-state index contributed by atoms with van der Waals surface area (Å²) >= 11 is 0. The van der Waals surface area contributed by atoms with Gasteiger partial charge in [0.05, 0.1) is 17.7 Å². The number of nitro benzene ring substituents is 1. The van der Waals surface area contributed by atoms with Crippen LogP contribution in [0.5, 0.6) is 11.5 Å². The first-order chi connectivity index (χ1) is 12.3. The third kappa shape index (κ3) is 4.50. The molecular formula is C19H22N2O5. The molecule has 138 valence electrons. The molecule has 7 heteroatoms. The average Bonchev–Trinajstić information content (AvgIpc) is 2.62. The van der Waals surface area contributed by atoms with E-state index in [1.54, 1.807) is 0 Å². The molecule has 0 bridgehead atoms. The number of carbonyl (C=O) groups excluding carboxylic acids is 1. The van der Waals surface area contributed by atoms with E-state index in [9.17, 15) is 14.9 Å². The van der Waals surface area contributed by atoms with Gasteiger partial charge in [0, 0.05) is 12.1 Å². The fraction of sp³-hybridized carbons (Fsp3) is 0.316. The highest BCUT2D eigenvalue weighted by Crippen LogP contribution is 2.29. The van der Waals surface area contributed by atoms with E-state index < -0.39 is 16.9 Å². The smallest absolute Gasteiger partial charge is 0.271 e. The summed E-state index contributed by atoms with van der Waals surface area (Å²) in [4.78, 5) is 23.1. The number of carbonyl (C=O) groups is 1. The molecular weight excluding hydrogens is 336 g/mol. The third-order valence-electron chi connectivity index (χ3n) is 3.93. The van der Waals surface area contributed by atoms with E-state index in [0.717, 1.165) is 11.1 Å². The van der Waals surface area contributed by atoms with Crippen LogP contribution < -0.4 is 14.8 Å². The van der Waals surface area contributed by atoms with Crippen molar-refractivity contribution >= 4 is 17.3 Å². The number of rotatable bonds is 7. The Bertz CT molecular complexity index is 820. The minimum absolute atomic E-state index is 0.135. The van der Waals surface area contributed by atoms with Gasteiger partial charge in [0.15, 0.2) is 6.10 Å². The zero-order valence-corrected chi connectivity index (χ0v) is 15.2. The van der Waals surface area contributed by atoms with Crippen LogP contribution in [0.2, 0.25) is 0 Å². The van der Waals surface area contributed by atoms with Crippen LogP contribution in [0.4, 0.5) is 11.4 Å². The van der Waals surface area contributed by atoms with Crippen molar-refractivity contribution in [1.29, 1.82) is 0 Å². The second-order valence-electron chi connectivity index (χ2n) is 5.91. The molecule has 0 radical (unpaired) electrons. The number of nitro groups is 1. The predicted molar refractivity (Wildman–Crippen MR) is 98.9 cm³/mol. The second-order valence-corrected chi connectivity index (χ2v) is 5.91. The maximum atomic E-state index is 12.6. The molecule has 2 aromatic rings. The van der Waals surface area contributed by atoms with Crippen LogP contribution in [0.1, 0.15) is 24.5 Å². The van der Waals surface area contributed by atoms with Crippen molar-refractivity contribution in [3.05, 3.63) is 57.6 Å². The molecule has 2 rings (SSSR count). The zero-order valence-electron chi connectivity index (χ0n) is 15.2. The van der Waals surface area contributed by atoms with E-state index in [1.165, 1.54) is 25.3 Å². The van der Waals surface area contributed by atoms with E-state index >= 15 is 0 Å². The van der Waals surface area contributed by atoms with Gasteiger partial charge in [0.25, 0.3) is 11.6 Å². The highest BCUT2D eigenvalue weighted by Gasteiger charge is 2.22. The molecule has 0 aromatic heterocycles. The van der Waals surface area contributed by atoms with Gasteiger partial charge < -0.3 is 14.8 Å². The summed E-state index contributed by atoms with van der Waals surface area (Å²) in [7, 11) is 1.43. The van der Waals surface area contributed by atoms with Gasteiger partial charge in [-0.05, 0) is 43.5 Å². The molecule has 0 unspecified atom stereocenters. The molecule has 0 aliphatic rings. The number of hydrogen-bond donors (Lipinski definition) is 1. The molecule has 0 heterocycles. The largest absolute Gasteiger partial charge is 0.495 e. The van der Waals surface area contributed by atoms with E-state index in [1.807, 2.05) is 39.0 Å². The summed E-state index contributed by atoms with van der Waals surface area (Å²) in [6, 6.07) is 9.80. The lowest BCUT2D eigenvalue weighted by molar-refractivity contribution is -0.384. The molecule has 1 atom stereocenters. The van der Waals surface area contributed by atoms with Crippen molar-refractivity contribution in [1.82, 2.24) is 0 Å². The molecule has 2 aromatic carbocycles. The number of hydrogen-bond acceptors (Lipinski definition) is 5. The fourth-order valence-electron chi connectivity index (χ4n) is 2.43. The van der Waals surface area contributed by atoms with E-state index in [4.69, 9.17) is 9.47 Å². The van der Waals surface area contributed by atoms with Crippen molar-refractivity contribution in [2.75, 3.05) is 12.4 Å². The third-order valence-corrected chi connectivity index (χ3v) is 3.93. The zero-order chi connectivity index (χ0) is 19.3. The molecule has 1 amide bonds. The number of methoxy groups -OCH3 is 1. The minimum Gasteiger partial charge on any atom is -0.495 e. The van der Waals surface area contributed by atoms with E-state index in [2.05, 4.69) is 5.32 Å². The normalized spacial score (nSPS) is 11.5. The molecule has 7 nitrogen and oxygen atoms in total. The molecule has 1 N–H and O–H groups in total. The number of aryl methyl sites for hydroxylation is 2. The Morgan fingerprint density at radius 3 is 2.54 bits per heavy atom. The van der Waals surface area contributed by atoms with Crippen molar-refractivity contribution in [3.8, 4) is 11.5 Å². The van der Waals surface area contributed by atoms with Crippen LogP contribution in [-0.2, 0) is 4.79 Å². The number of amides is 1. The first-order valence-corrected chi connectivity index (χ1v) is 8.23. The van der Waals surface area contributed by atoms with Crippen LogP contribution in [0.3, 0.4) is 0 Å². The average molecular weight is 358 g/mol. The van der Waals surface area contributed by atoms with Crippen LogP contribution >= 0.6 is 0 Å². The topological polar surface area (TPSA) is 90.7 Å². The number of benzene rings is 2.